The third-order valence-electron chi connectivity index (χ3n) is 2.30. The number of thioether (sulfide) groups is 1. The molecule has 0 spiro atoms. The third-order valence-corrected chi connectivity index (χ3v) is 3.27. The molecule has 0 aliphatic rings. The second-order valence-electron chi connectivity index (χ2n) is 3.52. The average Bonchev–Trinajstić information content (AvgIpc) is 2.84. The number of hydrogen-bond acceptors (Lipinski definition) is 3. The molecule has 0 bridgehead atoms. The molecule has 1 aromatic carbocycles. The van der Waals surface area contributed by atoms with Gasteiger partial charge in [-0.2, -0.15) is 0 Å². The number of aromatic nitrogens is 2. The van der Waals surface area contributed by atoms with Crippen LogP contribution in [-0.2, 0) is 4.79 Å². The minimum Gasteiger partial charge on any atom is -0.358 e. The van der Waals surface area contributed by atoms with E-state index in [0.717, 1.165) is 0 Å². The molecule has 0 saturated carbocycles. The molecule has 1 amide bonds. The van der Waals surface area contributed by atoms with Gasteiger partial charge in [0.2, 0.25) is 5.91 Å². The lowest BCUT2D eigenvalue weighted by molar-refractivity contribution is -0.118. The zero-order chi connectivity index (χ0) is 13.0. The van der Waals surface area contributed by atoms with Gasteiger partial charge in [-0.25, -0.2) is 9.37 Å². The summed E-state index contributed by atoms with van der Waals surface area (Å²) in [4.78, 5) is 15.3. The fourth-order valence-electron chi connectivity index (χ4n) is 1.42. The van der Waals surface area contributed by atoms with Gasteiger partial charge >= 0.3 is 0 Å². The molecule has 0 unspecified atom stereocenters. The first-order valence-corrected chi connectivity index (χ1v) is 6.32. The van der Waals surface area contributed by atoms with E-state index in [1.54, 1.807) is 36.1 Å². The highest BCUT2D eigenvalue weighted by atomic mass is 32.2. The maximum Gasteiger partial charge on any atom is 0.230 e. The number of carbonyl (C=O) groups excluding carboxylic acids is 1. The van der Waals surface area contributed by atoms with Gasteiger partial charge < -0.3 is 5.32 Å². The maximum absolute atomic E-state index is 13.2. The normalized spacial score (nSPS) is 10.3. The average molecular weight is 265 g/mol. The SMILES string of the molecule is CNC(=O)CSc1nccn1-c1cccc(F)c1. The number of amides is 1. The van der Waals surface area contributed by atoms with E-state index >= 15 is 0 Å². The van der Waals surface area contributed by atoms with E-state index in [2.05, 4.69) is 10.3 Å². The van der Waals surface area contributed by atoms with Crippen LogP contribution in [-0.4, -0.2) is 28.3 Å². The van der Waals surface area contributed by atoms with E-state index in [0.29, 0.717) is 10.8 Å². The van der Waals surface area contributed by atoms with Gasteiger partial charge in [-0.05, 0) is 18.2 Å². The minimum atomic E-state index is -0.302. The number of imidazole rings is 1. The van der Waals surface area contributed by atoms with Crippen LogP contribution in [0.2, 0.25) is 0 Å². The number of rotatable bonds is 4. The zero-order valence-corrected chi connectivity index (χ0v) is 10.6. The van der Waals surface area contributed by atoms with E-state index < -0.39 is 0 Å². The summed E-state index contributed by atoms with van der Waals surface area (Å²) in [7, 11) is 1.59. The van der Waals surface area contributed by atoms with Crippen LogP contribution >= 0.6 is 11.8 Å². The Bertz CT molecular complexity index is 556. The smallest absolute Gasteiger partial charge is 0.230 e. The van der Waals surface area contributed by atoms with E-state index in [-0.39, 0.29) is 17.5 Å². The first kappa shape index (κ1) is 12.6. The van der Waals surface area contributed by atoms with Crippen molar-refractivity contribution in [3.63, 3.8) is 0 Å². The molecule has 4 nitrogen and oxygen atoms in total. The molecule has 1 heterocycles. The predicted octanol–water partition coefficient (Wildman–Crippen LogP) is 1.85. The molecular weight excluding hydrogens is 253 g/mol. The first-order chi connectivity index (χ1) is 8.70. The molecule has 18 heavy (non-hydrogen) atoms. The molecular formula is C12H12FN3OS. The largest absolute Gasteiger partial charge is 0.358 e. The lowest BCUT2D eigenvalue weighted by Gasteiger charge is -2.07. The topological polar surface area (TPSA) is 46.9 Å². The summed E-state index contributed by atoms with van der Waals surface area (Å²) in [5.74, 6) is -0.0970. The summed E-state index contributed by atoms with van der Waals surface area (Å²) in [6.45, 7) is 0. The summed E-state index contributed by atoms with van der Waals surface area (Å²) < 4.78 is 14.9. The van der Waals surface area contributed by atoms with Crippen molar-refractivity contribution in [2.24, 2.45) is 0 Å². The lowest BCUT2D eigenvalue weighted by atomic mass is 10.3. The van der Waals surface area contributed by atoms with Crippen LogP contribution in [0.25, 0.3) is 5.69 Å². The molecule has 2 rings (SSSR count). The number of halogens is 1. The number of nitrogens with zero attached hydrogens (tertiary/aromatic N) is 2. The summed E-state index contributed by atoms with van der Waals surface area (Å²) in [5, 5.41) is 3.20. The standard InChI is InChI=1S/C12H12FN3OS/c1-14-11(17)8-18-12-15-5-6-16(12)10-4-2-3-9(13)7-10/h2-7H,8H2,1H3,(H,14,17). The highest BCUT2D eigenvalue weighted by Crippen LogP contribution is 2.20. The summed E-state index contributed by atoms with van der Waals surface area (Å²) in [6.07, 6.45) is 3.36. The Morgan fingerprint density at radius 2 is 2.39 bits per heavy atom. The highest BCUT2D eigenvalue weighted by molar-refractivity contribution is 7.99. The molecule has 0 saturated heterocycles. The zero-order valence-electron chi connectivity index (χ0n) is 9.76. The van der Waals surface area contributed by atoms with Crippen molar-refractivity contribution in [3.8, 4) is 5.69 Å². The van der Waals surface area contributed by atoms with Crippen molar-refractivity contribution in [2.45, 2.75) is 5.16 Å². The molecule has 0 aliphatic carbocycles. The Labute approximate surface area is 108 Å². The molecule has 0 radical (unpaired) electrons. The second kappa shape index (κ2) is 5.68. The number of benzene rings is 1. The Morgan fingerprint density at radius 1 is 1.56 bits per heavy atom. The Kier molecular flexibility index (Phi) is 3.99. The van der Waals surface area contributed by atoms with Gasteiger partial charge in [0.05, 0.1) is 11.4 Å². The van der Waals surface area contributed by atoms with E-state index in [1.165, 1.54) is 23.9 Å². The van der Waals surface area contributed by atoms with Crippen LogP contribution in [0, 0.1) is 5.82 Å². The molecule has 0 atom stereocenters. The van der Waals surface area contributed by atoms with Crippen molar-refractivity contribution in [3.05, 3.63) is 42.5 Å². The molecule has 1 N–H and O–H groups in total. The van der Waals surface area contributed by atoms with Crippen molar-refractivity contribution in [1.29, 1.82) is 0 Å². The van der Waals surface area contributed by atoms with Crippen LogP contribution in [0.1, 0.15) is 0 Å². The Balaban J connectivity index is 2.20. The quantitative estimate of drug-likeness (QED) is 0.858. The van der Waals surface area contributed by atoms with Gasteiger partial charge in [0.25, 0.3) is 0 Å². The highest BCUT2D eigenvalue weighted by Gasteiger charge is 2.08. The van der Waals surface area contributed by atoms with Crippen molar-refractivity contribution < 1.29 is 9.18 Å². The van der Waals surface area contributed by atoms with E-state index in [1.807, 2.05) is 0 Å². The van der Waals surface area contributed by atoms with Gasteiger partial charge in [0.1, 0.15) is 5.82 Å². The first-order valence-electron chi connectivity index (χ1n) is 5.33. The summed E-state index contributed by atoms with van der Waals surface area (Å²) >= 11 is 1.30. The number of nitrogens with one attached hydrogen (secondary N) is 1. The van der Waals surface area contributed by atoms with Crippen LogP contribution in [0.3, 0.4) is 0 Å². The van der Waals surface area contributed by atoms with Crippen molar-refractivity contribution >= 4 is 17.7 Å². The van der Waals surface area contributed by atoms with Crippen LogP contribution in [0.15, 0.2) is 41.8 Å². The fourth-order valence-corrected chi connectivity index (χ4v) is 2.27. The van der Waals surface area contributed by atoms with Gasteiger partial charge in [0, 0.05) is 19.4 Å². The number of carbonyl (C=O) groups is 1. The molecule has 0 fully saturated rings. The van der Waals surface area contributed by atoms with Crippen LogP contribution < -0.4 is 5.32 Å². The monoisotopic (exact) mass is 265 g/mol. The van der Waals surface area contributed by atoms with Gasteiger partial charge in [-0.3, -0.25) is 9.36 Å². The molecule has 94 valence electrons. The van der Waals surface area contributed by atoms with E-state index in [4.69, 9.17) is 0 Å². The van der Waals surface area contributed by atoms with Crippen molar-refractivity contribution in [1.82, 2.24) is 14.9 Å². The second-order valence-corrected chi connectivity index (χ2v) is 4.46. The van der Waals surface area contributed by atoms with Gasteiger partial charge in [0.15, 0.2) is 5.16 Å². The van der Waals surface area contributed by atoms with E-state index in [9.17, 15) is 9.18 Å². The molecule has 1 aromatic heterocycles. The van der Waals surface area contributed by atoms with Crippen molar-refractivity contribution in [2.75, 3.05) is 12.8 Å². The predicted molar refractivity (Wildman–Crippen MR) is 68.3 cm³/mol. The van der Waals surface area contributed by atoms with Crippen LogP contribution in [0.5, 0.6) is 0 Å². The minimum absolute atomic E-state index is 0.0752. The third kappa shape index (κ3) is 2.89. The summed E-state index contributed by atoms with van der Waals surface area (Å²) in [6, 6.07) is 6.23. The maximum atomic E-state index is 13.2. The van der Waals surface area contributed by atoms with Gasteiger partial charge in [-0.15, -0.1) is 0 Å². The lowest BCUT2D eigenvalue weighted by Crippen LogP contribution is -2.20. The molecule has 6 heteroatoms. The molecule has 0 aliphatic heterocycles. The molecule has 2 aromatic rings. The Morgan fingerprint density at radius 3 is 3.11 bits per heavy atom. The Hall–Kier alpha value is -1.82. The van der Waals surface area contributed by atoms with Gasteiger partial charge in [-0.1, -0.05) is 17.8 Å². The van der Waals surface area contributed by atoms with Crippen LogP contribution in [0.4, 0.5) is 4.39 Å². The number of hydrogen-bond donors (Lipinski definition) is 1. The fraction of sp³-hybridized carbons (Fsp3) is 0.167. The summed E-state index contributed by atoms with van der Waals surface area (Å²) in [5.41, 5.74) is 0.687.